The molecule has 2 aliphatic carbocycles. The molecule has 0 aromatic heterocycles. The lowest BCUT2D eigenvalue weighted by atomic mass is 9.73. The molecule has 1 saturated heterocycles. The zero-order valence-electron chi connectivity index (χ0n) is 12.3. The minimum absolute atomic E-state index is 0.127. The zero-order valence-corrected chi connectivity index (χ0v) is 12.3. The van der Waals surface area contributed by atoms with Crippen LogP contribution in [-0.4, -0.2) is 46.7 Å². The Kier molecular flexibility index (Phi) is 2.78. The topological polar surface area (TPSA) is 76.0 Å². The highest BCUT2D eigenvalue weighted by molar-refractivity contribution is 6.03. The molecule has 2 N–H and O–H groups in total. The lowest BCUT2D eigenvalue weighted by molar-refractivity contribution is -0.267. The van der Waals surface area contributed by atoms with Gasteiger partial charge in [-0.05, 0) is 33.3 Å². The molecule has 3 rings (SSSR count). The van der Waals surface area contributed by atoms with Gasteiger partial charge in [0, 0.05) is 25.0 Å². The Morgan fingerprint density at radius 2 is 2.15 bits per heavy atom. The number of hydrogen-bond donors (Lipinski definition) is 2. The monoisotopic (exact) mass is 282 g/mol. The van der Waals surface area contributed by atoms with E-state index in [0.717, 1.165) is 6.42 Å². The van der Waals surface area contributed by atoms with E-state index in [0.29, 0.717) is 5.57 Å². The maximum absolute atomic E-state index is 12.8. The number of methoxy groups -OCH3 is 1. The SMILES string of the molecule is CO[C@]12OC(C)(C)[C@@H]3C[C@@]31[C@@H](O)C/C(=C\[C@@H](C)O)C2=O. The van der Waals surface area contributed by atoms with E-state index in [2.05, 4.69) is 0 Å². The van der Waals surface area contributed by atoms with Crippen LogP contribution in [0.3, 0.4) is 0 Å². The second-order valence-electron chi connectivity index (χ2n) is 6.80. The predicted octanol–water partition coefficient (Wildman–Crippen LogP) is 0.785. The first-order chi connectivity index (χ1) is 9.21. The molecule has 0 unspecified atom stereocenters. The molecule has 0 aromatic rings. The molecule has 0 bridgehead atoms. The number of carbonyl (C=O) groups is 1. The third-order valence-electron chi connectivity index (χ3n) is 5.19. The normalized spacial score (nSPS) is 48.9. The Labute approximate surface area is 118 Å². The van der Waals surface area contributed by atoms with Gasteiger partial charge in [0.25, 0.3) is 0 Å². The molecule has 0 aromatic carbocycles. The number of aliphatic hydroxyl groups is 2. The van der Waals surface area contributed by atoms with Gasteiger partial charge in [0.05, 0.1) is 23.2 Å². The van der Waals surface area contributed by atoms with Gasteiger partial charge in [-0.25, -0.2) is 0 Å². The van der Waals surface area contributed by atoms with Crippen LogP contribution in [0.4, 0.5) is 0 Å². The Hall–Kier alpha value is -0.750. The van der Waals surface area contributed by atoms with E-state index in [1.165, 1.54) is 13.2 Å². The predicted molar refractivity (Wildman–Crippen MR) is 70.8 cm³/mol. The molecule has 112 valence electrons. The fraction of sp³-hybridized carbons (Fsp3) is 0.800. The number of hydrogen-bond acceptors (Lipinski definition) is 5. The van der Waals surface area contributed by atoms with E-state index in [1.807, 2.05) is 13.8 Å². The van der Waals surface area contributed by atoms with Crippen molar-refractivity contribution in [2.75, 3.05) is 7.11 Å². The second-order valence-corrected chi connectivity index (χ2v) is 6.80. The van der Waals surface area contributed by atoms with Crippen molar-refractivity contribution in [1.29, 1.82) is 0 Å². The summed E-state index contributed by atoms with van der Waals surface area (Å²) < 4.78 is 11.5. The fourth-order valence-corrected chi connectivity index (χ4v) is 4.34. The van der Waals surface area contributed by atoms with Crippen LogP contribution in [0.5, 0.6) is 0 Å². The highest BCUT2D eigenvalue weighted by atomic mass is 16.7. The van der Waals surface area contributed by atoms with Crippen molar-refractivity contribution < 1.29 is 24.5 Å². The van der Waals surface area contributed by atoms with Gasteiger partial charge in [0.1, 0.15) is 0 Å². The largest absolute Gasteiger partial charge is 0.392 e. The van der Waals surface area contributed by atoms with Gasteiger partial charge in [-0.15, -0.1) is 0 Å². The van der Waals surface area contributed by atoms with Crippen LogP contribution in [-0.2, 0) is 14.3 Å². The van der Waals surface area contributed by atoms with Crippen molar-refractivity contribution in [2.24, 2.45) is 11.3 Å². The average molecular weight is 282 g/mol. The van der Waals surface area contributed by atoms with Crippen LogP contribution in [0.25, 0.3) is 0 Å². The first kappa shape index (κ1) is 14.2. The van der Waals surface area contributed by atoms with Crippen LogP contribution >= 0.6 is 0 Å². The maximum Gasteiger partial charge on any atom is 0.242 e. The molecule has 0 amide bonds. The Morgan fingerprint density at radius 1 is 1.50 bits per heavy atom. The summed E-state index contributed by atoms with van der Waals surface area (Å²) >= 11 is 0. The highest BCUT2D eigenvalue weighted by Crippen LogP contribution is 2.76. The third-order valence-corrected chi connectivity index (χ3v) is 5.19. The molecule has 3 fully saturated rings. The van der Waals surface area contributed by atoms with Crippen molar-refractivity contribution in [3.63, 3.8) is 0 Å². The van der Waals surface area contributed by atoms with Crippen LogP contribution in [0, 0.1) is 11.3 Å². The number of carbonyl (C=O) groups excluding carboxylic acids is 1. The highest BCUT2D eigenvalue weighted by Gasteiger charge is 2.85. The lowest BCUT2D eigenvalue weighted by Gasteiger charge is -2.43. The molecular formula is C15H22O5. The summed E-state index contributed by atoms with van der Waals surface area (Å²) in [6.07, 6.45) is 1.05. The van der Waals surface area contributed by atoms with Gasteiger partial charge >= 0.3 is 0 Å². The van der Waals surface area contributed by atoms with Gasteiger partial charge < -0.3 is 19.7 Å². The van der Waals surface area contributed by atoms with Gasteiger partial charge in [0.2, 0.25) is 11.6 Å². The summed E-state index contributed by atoms with van der Waals surface area (Å²) in [4.78, 5) is 12.8. The maximum atomic E-state index is 12.8. The molecule has 5 heteroatoms. The van der Waals surface area contributed by atoms with Crippen LogP contribution < -0.4 is 0 Å². The van der Waals surface area contributed by atoms with E-state index in [9.17, 15) is 15.0 Å². The van der Waals surface area contributed by atoms with E-state index in [1.54, 1.807) is 6.92 Å². The molecule has 20 heavy (non-hydrogen) atoms. The van der Waals surface area contributed by atoms with Crippen LogP contribution in [0.1, 0.15) is 33.6 Å². The molecule has 3 aliphatic rings. The van der Waals surface area contributed by atoms with Gasteiger partial charge in [0.15, 0.2) is 0 Å². The quantitative estimate of drug-likeness (QED) is 0.732. The van der Waals surface area contributed by atoms with Crippen molar-refractivity contribution in [3.8, 4) is 0 Å². The molecule has 1 spiro atoms. The summed E-state index contributed by atoms with van der Waals surface area (Å²) in [7, 11) is 1.45. The molecule has 1 heterocycles. The van der Waals surface area contributed by atoms with E-state index in [4.69, 9.17) is 9.47 Å². The molecule has 2 saturated carbocycles. The van der Waals surface area contributed by atoms with Crippen LogP contribution in [0.2, 0.25) is 0 Å². The van der Waals surface area contributed by atoms with Gasteiger partial charge in [-0.3, -0.25) is 4.79 Å². The number of aliphatic hydroxyl groups excluding tert-OH is 2. The van der Waals surface area contributed by atoms with Gasteiger partial charge in [-0.1, -0.05) is 0 Å². The zero-order chi connectivity index (χ0) is 14.9. The summed E-state index contributed by atoms with van der Waals surface area (Å²) in [5, 5.41) is 20.1. The number of ether oxygens (including phenoxy) is 2. The third kappa shape index (κ3) is 1.44. The van der Waals surface area contributed by atoms with Crippen molar-refractivity contribution in [3.05, 3.63) is 11.6 Å². The molecule has 5 nitrogen and oxygen atoms in total. The minimum atomic E-state index is -1.40. The summed E-state index contributed by atoms with van der Waals surface area (Å²) in [5.41, 5.74) is -0.728. The summed E-state index contributed by atoms with van der Waals surface area (Å²) in [6.45, 7) is 5.45. The molecule has 0 radical (unpaired) electrons. The van der Waals surface area contributed by atoms with E-state index >= 15 is 0 Å². The van der Waals surface area contributed by atoms with Crippen molar-refractivity contribution in [2.45, 2.75) is 57.2 Å². The van der Waals surface area contributed by atoms with E-state index in [-0.39, 0.29) is 18.1 Å². The molecular weight excluding hydrogens is 260 g/mol. The number of rotatable bonds is 2. The van der Waals surface area contributed by atoms with Crippen LogP contribution in [0.15, 0.2) is 11.6 Å². The standard InChI is InChI=1S/C15H22O5/c1-8(16)5-9-6-11(17)14-7-10(14)13(2,3)20-15(14,19-4)12(9)18/h5,8,10-11,16-17H,6-7H2,1-4H3/b9-5+/t8-,10+,11+,14+,15-/m1/s1. The van der Waals surface area contributed by atoms with Crippen molar-refractivity contribution >= 4 is 5.78 Å². The summed E-state index contributed by atoms with van der Waals surface area (Å²) in [5.74, 6) is -1.53. The first-order valence-corrected chi connectivity index (χ1v) is 7.08. The smallest absolute Gasteiger partial charge is 0.242 e. The first-order valence-electron chi connectivity index (χ1n) is 7.08. The van der Waals surface area contributed by atoms with E-state index < -0.39 is 29.0 Å². The molecule has 1 aliphatic heterocycles. The Balaban J connectivity index is 2.09. The lowest BCUT2D eigenvalue weighted by Crippen LogP contribution is -2.58. The Bertz CT molecular complexity index is 494. The fourth-order valence-electron chi connectivity index (χ4n) is 4.34. The Morgan fingerprint density at radius 3 is 2.65 bits per heavy atom. The van der Waals surface area contributed by atoms with Gasteiger partial charge in [-0.2, -0.15) is 0 Å². The number of Topliss-reactive ketones (excluding diaryl/α,β-unsaturated/α-hetero) is 1. The minimum Gasteiger partial charge on any atom is -0.392 e. The molecule has 5 atom stereocenters. The summed E-state index contributed by atoms with van der Waals surface area (Å²) in [6, 6.07) is 0. The van der Waals surface area contributed by atoms with Crippen molar-refractivity contribution in [1.82, 2.24) is 0 Å². The average Bonchev–Trinajstić information content (AvgIpc) is 3.06. The number of ketones is 1. The second kappa shape index (κ2) is 3.91.